The quantitative estimate of drug-likeness (QED) is 0.945. The van der Waals surface area contributed by atoms with Crippen LogP contribution in [0, 0.1) is 5.92 Å². The van der Waals surface area contributed by atoms with E-state index in [1.165, 1.54) is 17.8 Å². The van der Waals surface area contributed by atoms with Gasteiger partial charge in [-0.15, -0.1) is 0 Å². The number of aromatic nitrogens is 2. The maximum absolute atomic E-state index is 4.81. The minimum absolute atomic E-state index is 0.746. The highest BCUT2D eigenvalue weighted by Crippen LogP contribution is 2.23. The van der Waals surface area contributed by atoms with Gasteiger partial charge in [-0.2, -0.15) is 0 Å². The maximum Gasteiger partial charge on any atom is 0.110 e. The lowest BCUT2D eigenvalue weighted by atomic mass is 10.0. The number of hydrogen-bond acceptors (Lipinski definition) is 2. The Morgan fingerprint density at radius 2 is 2.39 bits per heavy atom. The second-order valence-electron chi connectivity index (χ2n) is 4.97. The summed E-state index contributed by atoms with van der Waals surface area (Å²) in [5.41, 5.74) is 2.36. The molecule has 18 heavy (non-hydrogen) atoms. The number of aryl methyl sites for hydroxylation is 1. The predicted molar refractivity (Wildman–Crippen MR) is 77.8 cm³/mol. The number of rotatable bonds is 3. The van der Waals surface area contributed by atoms with Gasteiger partial charge in [-0.05, 0) is 50.6 Å². The average molecular weight is 308 g/mol. The fourth-order valence-electron chi connectivity index (χ4n) is 2.81. The normalized spacial score (nSPS) is 19.8. The highest BCUT2D eigenvalue weighted by molar-refractivity contribution is 9.10. The fraction of sp³-hybridized carbons (Fsp3) is 0.500. The highest BCUT2D eigenvalue weighted by Gasteiger charge is 2.18. The largest absolute Gasteiger partial charge is 0.328 e. The van der Waals surface area contributed by atoms with Crippen LogP contribution in [0.25, 0.3) is 11.0 Å². The SMILES string of the molecule is CCn1c(CC2CCNC2)nc2cc(Br)ccc21. The third-order valence-corrected chi connectivity index (χ3v) is 4.23. The number of hydrogen-bond donors (Lipinski definition) is 1. The van der Waals surface area contributed by atoms with Gasteiger partial charge in [-0.25, -0.2) is 4.98 Å². The Morgan fingerprint density at radius 1 is 1.50 bits per heavy atom. The molecule has 2 heterocycles. The topological polar surface area (TPSA) is 29.9 Å². The molecule has 0 spiro atoms. The van der Waals surface area contributed by atoms with Gasteiger partial charge < -0.3 is 9.88 Å². The van der Waals surface area contributed by atoms with E-state index in [9.17, 15) is 0 Å². The monoisotopic (exact) mass is 307 g/mol. The molecule has 0 aliphatic carbocycles. The van der Waals surface area contributed by atoms with Crippen LogP contribution in [0.4, 0.5) is 0 Å². The van der Waals surface area contributed by atoms with Crippen molar-refractivity contribution >= 4 is 27.0 Å². The van der Waals surface area contributed by atoms with Gasteiger partial charge >= 0.3 is 0 Å². The van der Waals surface area contributed by atoms with E-state index >= 15 is 0 Å². The first-order valence-corrected chi connectivity index (χ1v) is 7.42. The van der Waals surface area contributed by atoms with Crippen LogP contribution in [0.2, 0.25) is 0 Å². The van der Waals surface area contributed by atoms with Crippen LogP contribution in [0.5, 0.6) is 0 Å². The van der Waals surface area contributed by atoms with E-state index in [-0.39, 0.29) is 0 Å². The molecule has 1 N–H and O–H groups in total. The zero-order valence-electron chi connectivity index (χ0n) is 10.6. The summed E-state index contributed by atoms with van der Waals surface area (Å²) in [4.78, 5) is 4.81. The van der Waals surface area contributed by atoms with E-state index in [0.29, 0.717) is 0 Å². The van der Waals surface area contributed by atoms with E-state index in [1.54, 1.807) is 0 Å². The number of benzene rings is 1. The van der Waals surface area contributed by atoms with Crippen LogP contribution >= 0.6 is 15.9 Å². The maximum atomic E-state index is 4.81. The molecule has 1 aliphatic rings. The Balaban J connectivity index is 1.99. The molecule has 0 amide bonds. The van der Waals surface area contributed by atoms with Gasteiger partial charge in [-0.3, -0.25) is 0 Å². The first kappa shape index (κ1) is 12.2. The zero-order chi connectivity index (χ0) is 12.5. The average Bonchev–Trinajstić information content (AvgIpc) is 2.96. The third-order valence-electron chi connectivity index (χ3n) is 3.74. The third kappa shape index (κ3) is 2.19. The summed E-state index contributed by atoms with van der Waals surface area (Å²) in [6, 6.07) is 6.36. The molecule has 1 aromatic carbocycles. The van der Waals surface area contributed by atoms with Gasteiger partial charge in [0.2, 0.25) is 0 Å². The summed E-state index contributed by atoms with van der Waals surface area (Å²) in [6.45, 7) is 5.48. The lowest BCUT2D eigenvalue weighted by Crippen LogP contribution is -2.13. The first-order valence-electron chi connectivity index (χ1n) is 6.63. The number of fused-ring (bicyclic) bond motifs is 1. The van der Waals surface area contributed by atoms with Crippen molar-refractivity contribution in [1.29, 1.82) is 0 Å². The summed E-state index contributed by atoms with van der Waals surface area (Å²) in [5, 5.41) is 3.43. The zero-order valence-corrected chi connectivity index (χ0v) is 12.2. The van der Waals surface area contributed by atoms with Gasteiger partial charge in [0.05, 0.1) is 11.0 Å². The second-order valence-corrected chi connectivity index (χ2v) is 5.88. The summed E-state index contributed by atoms with van der Waals surface area (Å²) in [7, 11) is 0. The van der Waals surface area contributed by atoms with Crippen LogP contribution in [0.1, 0.15) is 19.2 Å². The molecule has 1 saturated heterocycles. The van der Waals surface area contributed by atoms with Crippen molar-refractivity contribution in [2.75, 3.05) is 13.1 Å². The van der Waals surface area contributed by atoms with E-state index < -0.39 is 0 Å². The molecule has 2 aromatic rings. The van der Waals surface area contributed by atoms with Gasteiger partial charge in [0.1, 0.15) is 5.82 Å². The summed E-state index contributed by atoms with van der Waals surface area (Å²) < 4.78 is 3.45. The molecule has 1 atom stereocenters. The molecular formula is C14H18BrN3. The van der Waals surface area contributed by atoms with E-state index in [1.807, 2.05) is 0 Å². The molecule has 96 valence electrons. The van der Waals surface area contributed by atoms with Crippen LogP contribution in [0.3, 0.4) is 0 Å². The van der Waals surface area contributed by atoms with Crippen LogP contribution in [-0.2, 0) is 13.0 Å². The van der Waals surface area contributed by atoms with E-state index in [0.717, 1.165) is 42.0 Å². The van der Waals surface area contributed by atoms with Gasteiger partial charge in [0, 0.05) is 17.4 Å². The number of imidazole rings is 1. The number of nitrogens with one attached hydrogen (secondary N) is 1. The molecule has 1 aromatic heterocycles. The van der Waals surface area contributed by atoms with Crippen molar-refractivity contribution in [3.63, 3.8) is 0 Å². The van der Waals surface area contributed by atoms with Crippen molar-refractivity contribution < 1.29 is 0 Å². The molecule has 4 heteroatoms. The Kier molecular flexibility index (Phi) is 3.39. The molecule has 1 fully saturated rings. The molecule has 3 rings (SSSR count). The Morgan fingerprint density at radius 3 is 3.11 bits per heavy atom. The van der Waals surface area contributed by atoms with Gasteiger partial charge in [0.15, 0.2) is 0 Å². The van der Waals surface area contributed by atoms with Crippen molar-refractivity contribution in [1.82, 2.24) is 14.9 Å². The summed E-state index contributed by atoms with van der Waals surface area (Å²) in [6.07, 6.45) is 2.36. The van der Waals surface area contributed by atoms with Gasteiger partial charge in [0.25, 0.3) is 0 Å². The van der Waals surface area contributed by atoms with Crippen molar-refractivity contribution in [2.45, 2.75) is 26.3 Å². The predicted octanol–water partition coefficient (Wildman–Crippen LogP) is 2.97. The minimum Gasteiger partial charge on any atom is -0.328 e. The molecule has 1 unspecified atom stereocenters. The number of halogens is 1. The van der Waals surface area contributed by atoms with Crippen molar-refractivity contribution in [2.24, 2.45) is 5.92 Å². The van der Waals surface area contributed by atoms with Crippen LogP contribution in [-0.4, -0.2) is 22.6 Å². The molecule has 0 radical (unpaired) electrons. The molecule has 3 nitrogen and oxygen atoms in total. The standard InChI is InChI=1S/C14H18BrN3/c1-2-18-13-4-3-11(15)8-12(13)17-14(18)7-10-5-6-16-9-10/h3-4,8,10,16H,2,5-7,9H2,1H3. The second kappa shape index (κ2) is 5.02. The fourth-order valence-corrected chi connectivity index (χ4v) is 3.16. The van der Waals surface area contributed by atoms with Gasteiger partial charge in [-0.1, -0.05) is 15.9 Å². The van der Waals surface area contributed by atoms with Crippen LogP contribution < -0.4 is 5.32 Å². The summed E-state index contributed by atoms with van der Waals surface area (Å²) in [5.74, 6) is 1.98. The number of nitrogens with zero attached hydrogens (tertiary/aromatic N) is 2. The lowest BCUT2D eigenvalue weighted by Gasteiger charge is -2.09. The Labute approximate surface area is 116 Å². The summed E-state index contributed by atoms with van der Waals surface area (Å²) >= 11 is 3.52. The smallest absolute Gasteiger partial charge is 0.110 e. The molecule has 0 saturated carbocycles. The first-order chi connectivity index (χ1) is 8.78. The van der Waals surface area contributed by atoms with Crippen molar-refractivity contribution in [3.05, 3.63) is 28.5 Å². The van der Waals surface area contributed by atoms with E-state index in [4.69, 9.17) is 4.98 Å². The molecule has 1 aliphatic heterocycles. The molecular weight excluding hydrogens is 290 g/mol. The Bertz CT molecular complexity index is 555. The highest BCUT2D eigenvalue weighted by atomic mass is 79.9. The lowest BCUT2D eigenvalue weighted by molar-refractivity contribution is 0.543. The van der Waals surface area contributed by atoms with Crippen LogP contribution in [0.15, 0.2) is 22.7 Å². The van der Waals surface area contributed by atoms with Crippen molar-refractivity contribution in [3.8, 4) is 0 Å². The Hall–Kier alpha value is -0.870. The minimum atomic E-state index is 0.746. The van der Waals surface area contributed by atoms with E-state index in [2.05, 4.69) is 50.9 Å². The molecule has 0 bridgehead atoms.